The molecule has 0 unspecified atom stereocenters. The number of halogens is 3. The van der Waals surface area contributed by atoms with Crippen LogP contribution in [-0.4, -0.2) is 21.9 Å². The van der Waals surface area contributed by atoms with Crippen LogP contribution in [0.25, 0.3) is 11.0 Å². The standard InChI is InChI=1S/C16H13F3N2OS/c17-11-5-1-4-8-14(11)22-9-10-23-16-20-12-6-2-3-7-13(12)21(16)15(18)19/h1-8,15H,9-10H2. The fourth-order valence-electron chi connectivity index (χ4n) is 2.16. The van der Waals surface area contributed by atoms with E-state index in [4.69, 9.17) is 4.74 Å². The van der Waals surface area contributed by atoms with E-state index >= 15 is 0 Å². The second-order valence-electron chi connectivity index (χ2n) is 4.66. The molecule has 3 nitrogen and oxygen atoms in total. The van der Waals surface area contributed by atoms with Crippen LogP contribution in [0.15, 0.2) is 53.7 Å². The van der Waals surface area contributed by atoms with Gasteiger partial charge in [-0.25, -0.2) is 9.37 Å². The van der Waals surface area contributed by atoms with Crippen molar-refractivity contribution in [3.8, 4) is 5.75 Å². The van der Waals surface area contributed by atoms with E-state index in [0.717, 1.165) is 16.3 Å². The smallest absolute Gasteiger partial charge is 0.321 e. The normalized spacial score (nSPS) is 11.3. The van der Waals surface area contributed by atoms with Crippen LogP contribution in [0.1, 0.15) is 6.55 Å². The maximum absolute atomic E-state index is 13.4. The number of benzene rings is 2. The molecule has 3 aromatic rings. The van der Waals surface area contributed by atoms with Gasteiger partial charge in [0.05, 0.1) is 17.6 Å². The molecule has 1 heterocycles. The lowest BCUT2D eigenvalue weighted by Gasteiger charge is -2.08. The molecule has 7 heteroatoms. The highest BCUT2D eigenvalue weighted by Gasteiger charge is 2.17. The molecule has 0 radical (unpaired) electrons. The summed E-state index contributed by atoms with van der Waals surface area (Å²) >= 11 is 1.15. The molecule has 120 valence electrons. The van der Waals surface area contributed by atoms with Gasteiger partial charge in [0.25, 0.3) is 0 Å². The highest BCUT2D eigenvalue weighted by molar-refractivity contribution is 7.99. The lowest BCUT2D eigenvalue weighted by atomic mass is 10.3. The lowest BCUT2D eigenvalue weighted by molar-refractivity contribution is 0.0656. The van der Waals surface area contributed by atoms with Crippen LogP contribution in [0.3, 0.4) is 0 Å². The number of imidazole rings is 1. The number of alkyl halides is 2. The van der Waals surface area contributed by atoms with E-state index < -0.39 is 12.4 Å². The lowest BCUT2D eigenvalue weighted by Crippen LogP contribution is -2.04. The number of nitrogens with zero attached hydrogens (tertiary/aromatic N) is 2. The molecular formula is C16H13F3N2OS. The first-order valence-electron chi connectivity index (χ1n) is 6.92. The molecule has 0 spiro atoms. The largest absolute Gasteiger partial charge is 0.490 e. The van der Waals surface area contributed by atoms with Crippen LogP contribution in [0.4, 0.5) is 13.2 Å². The van der Waals surface area contributed by atoms with Crippen LogP contribution in [-0.2, 0) is 0 Å². The van der Waals surface area contributed by atoms with Gasteiger partial charge in [-0.1, -0.05) is 36.0 Å². The first-order valence-corrected chi connectivity index (χ1v) is 7.90. The summed E-state index contributed by atoms with van der Waals surface area (Å²) in [6.07, 6.45) is 0. The van der Waals surface area contributed by atoms with Crippen molar-refractivity contribution in [3.63, 3.8) is 0 Å². The van der Waals surface area contributed by atoms with E-state index in [1.807, 2.05) is 0 Å². The van der Waals surface area contributed by atoms with Crippen molar-refractivity contribution in [1.82, 2.24) is 9.55 Å². The average molecular weight is 338 g/mol. The van der Waals surface area contributed by atoms with Gasteiger partial charge in [0.2, 0.25) is 0 Å². The molecule has 0 N–H and O–H groups in total. The Labute approximate surface area is 135 Å². The molecule has 0 aliphatic carbocycles. The summed E-state index contributed by atoms with van der Waals surface area (Å²) in [4.78, 5) is 4.21. The zero-order valence-electron chi connectivity index (χ0n) is 12.0. The minimum absolute atomic E-state index is 0.149. The average Bonchev–Trinajstić information content (AvgIpc) is 2.91. The van der Waals surface area contributed by atoms with Crippen molar-refractivity contribution < 1.29 is 17.9 Å². The summed E-state index contributed by atoms with van der Waals surface area (Å²) < 4.78 is 46.1. The Bertz CT molecular complexity index is 807. The number of hydrogen-bond acceptors (Lipinski definition) is 3. The number of rotatable bonds is 6. The van der Waals surface area contributed by atoms with Gasteiger partial charge in [-0.15, -0.1) is 0 Å². The van der Waals surface area contributed by atoms with Crippen molar-refractivity contribution in [1.29, 1.82) is 0 Å². The van der Waals surface area contributed by atoms with Crippen LogP contribution < -0.4 is 4.74 Å². The predicted octanol–water partition coefficient (Wildman–Crippen LogP) is 4.74. The summed E-state index contributed by atoms with van der Waals surface area (Å²) in [5.41, 5.74) is 0.908. The van der Waals surface area contributed by atoms with Gasteiger partial charge in [0.15, 0.2) is 16.7 Å². The summed E-state index contributed by atoms with van der Waals surface area (Å²) in [7, 11) is 0. The van der Waals surface area contributed by atoms with Gasteiger partial charge >= 0.3 is 6.55 Å². The van der Waals surface area contributed by atoms with Gasteiger partial charge in [0.1, 0.15) is 0 Å². The summed E-state index contributed by atoms with van der Waals surface area (Å²) in [5, 5.41) is 0.221. The summed E-state index contributed by atoms with van der Waals surface area (Å²) in [5.74, 6) is 0.0810. The quantitative estimate of drug-likeness (QED) is 0.480. The predicted molar refractivity (Wildman–Crippen MR) is 83.6 cm³/mol. The van der Waals surface area contributed by atoms with Crippen molar-refractivity contribution in [2.24, 2.45) is 0 Å². The third kappa shape index (κ3) is 3.44. The molecule has 0 aliphatic heterocycles. The van der Waals surface area contributed by atoms with Gasteiger partial charge < -0.3 is 4.74 Å². The number of aromatic nitrogens is 2. The van der Waals surface area contributed by atoms with Crippen molar-refractivity contribution in [3.05, 3.63) is 54.3 Å². The molecular weight excluding hydrogens is 325 g/mol. The second kappa shape index (κ2) is 6.95. The Morgan fingerprint density at radius 1 is 1.09 bits per heavy atom. The number of para-hydroxylation sites is 3. The Balaban J connectivity index is 1.68. The van der Waals surface area contributed by atoms with Crippen molar-refractivity contribution >= 4 is 22.8 Å². The molecule has 0 fully saturated rings. The number of fused-ring (bicyclic) bond motifs is 1. The second-order valence-corrected chi connectivity index (χ2v) is 5.72. The van der Waals surface area contributed by atoms with Crippen molar-refractivity contribution in [2.45, 2.75) is 11.7 Å². The third-order valence-electron chi connectivity index (χ3n) is 3.17. The van der Waals surface area contributed by atoms with E-state index in [2.05, 4.69) is 4.98 Å². The van der Waals surface area contributed by atoms with E-state index in [1.165, 1.54) is 12.1 Å². The zero-order valence-corrected chi connectivity index (χ0v) is 12.8. The van der Waals surface area contributed by atoms with Crippen molar-refractivity contribution in [2.75, 3.05) is 12.4 Å². The zero-order chi connectivity index (χ0) is 16.2. The first kappa shape index (κ1) is 15.7. The molecule has 0 aliphatic rings. The van der Waals surface area contributed by atoms with Gasteiger partial charge in [0, 0.05) is 5.75 Å². The van der Waals surface area contributed by atoms with E-state index in [1.54, 1.807) is 36.4 Å². The Morgan fingerprint density at radius 3 is 2.61 bits per heavy atom. The fourth-order valence-corrected chi connectivity index (χ4v) is 2.99. The number of hydrogen-bond donors (Lipinski definition) is 0. The topological polar surface area (TPSA) is 27.1 Å². The molecule has 2 aromatic carbocycles. The Hall–Kier alpha value is -2.15. The van der Waals surface area contributed by atoms with Crippen LogP contribution in [0, 0.1) is 5.82 Å². The molecule has 0 amide bonds. The summed E-state index contributed by atoms with van der Waals surface area (Å²) in [6.45, 7) is -2.48. The van der Waals surface area contributed by atoms with Crippen LogP contribution in [0.2, 0.25) is 0 Å². The molecule has 3 rings (SSSR count). The van der Waals surface area contributed by atoms with Gasteiger partial charge in [-0.3, -0.25) is 4.57 Å². The van der Waals surface area contributed by atoms with Gasteiger partial charge in [-0.2, -0.15) is 8.78 Å². The van der Waals surface area contributed by atoms with E-state index in [-0.39, 0.29) is 17.5 Å². The highest BCUT2D eigenvalue weighted by Crippen LogP contribution is 2.29. The minimum Gasteiger partial charge on any atom is -0.490 e. The molecule has 23 heavy (non-hydrogen) atoms. The molecule has 0 saturated heterocycles. The Morgan fingerprint density at radius 2 is 1.83 bits per heavy atom. The van der Waals surface area contributed by atoms with E-state index in [9.17, 15) is 13.2 Å². The maximum atomic E-state index is 13.4. The SMILES string of the molecule is Fc1ccccc1OCCSc1nc2ccccc2n1C(F)F. The summed E-state index contributed by atoms with van der Waals surface area (Å²) in [6, 6.07) is 12.8. The first-order chi connectivity index (χ1) is 11.2. The highest BCUT2D eigenvalue weighted by atomic mass is 32.2. The third-order valence-corrected chi connectivity index (χ3v) is 4.08. The molecule has 1 aromatic heterocycles. The maximum Gasteiger partial charge on any atom is 0.321 e. The minimum atomic E-state index is -2.67. The monoisotopic (exact) mass is 338 g/mol. The van der Waals surface area contributed by atoms with Gasteiger partial charge in [-0.05, 0) is 24.3 Å². The van der Waals surface area contributed by atoms with Crippen LogP contribution >= 0.6 is 11.8 Å². The molecule has 0 saturated carbocycles. The fraction of sp³-hybridized carbons (Fsp3) is 0.188. The Kier molecular flexibility index (Phi) is 4.76. The number of ether oxygens (including phenoxy) is 1. The number of thioether (sulfide) groups is 1. The molecule has 0 bridgehead atoms. The van der Waals surface area contributed by atoms with E-state index in [0.29, 0.717) is 16.8 Å². The molecule has 0 atom stereocenters. The van der Waals surface area contributed by atoms with Crippen LogP contribution in [0.5, 0.6) is 5.75 Å².